The van der Waals surface area contributed by atoms with Gasteiger partial charge in [0.1, 0.15) is 0 Å². The molecule has 1 saturated heterocycles. The Morgan fingerprint density at radius 1 is 1.59 bits per heavy atom. The van der Waals surface area contributed by atoms with Crippen molar-refractivity contribution in [3.05, 3.63) is 0 Å². The molecule has 1 fully saturated rings. The lowest BCUT2D eigenvalue weighted by atomic mass is 10.2. The van der Waals surface area contributed by atoms with Crippen LogP contribution < -0.4 is 10.6 Å². The van der Waals surface area contributed by atoms with Crippen LogP contribution in [-0.2, 0) is 9.53 Å². The maximum Gasteiger partial charge on any atom is 0.237 e. The summed E-state index contributed by atoms with van der Waals surface area (Å²) in [7, 11) is 1.92. The Bertz CT molecular complexity index is 234. The molecule has 1 heterocycles. The fourth-order valence-electron chi connectivity index (χ4n) is 2.01. The highest BCUT2D eigenvalue weighted by atomic mass is 16.5. The SMILES string of the molecule is CCCNC(=O)C(C)N1CCOC(CNC)C1. The molecule has 17 heavy (non-hydrogen) atoms. The summed E-state index contributed by atoms with van der Waals surface area (Å²) in [6.07, 6.45) is 1.17. The van der Waals surface area contributed by atoms with Crippen molar-refractivity contribution in [3.8, 4) is 0 Å². The molecule has 0 spiro atoms. The van der Waals surface area contributed by atoms with Crippen molar-refractivity contribution < 1.29 is 9.53 Å². The Hall–Kier alpha value is -0.650. The zero-order valence-corrected chi connectivity index (χ0v) is 11.2. The molecule has 0 bridgehead atoms. The lowest BCUT2D eigenvalue weighted by Gasteiger charge is -2.36. The van der Waals surface area contributed by atoms with E-state index in [0.717, 1.165) is 32.6 Å². The quantitative estimate of drug-likeness (QED) is 0.679. The highest BCUT2D eigenvalue weighted by Gasteiger charge is 2.27. The van der Waals surface area contributed by atoms with E-state index in [-0.39, 0.29) is 18.1 Å². The van der Waals surface area contributed by atoms with Gasteiger partial charge in [-0.2, -0.15) is 0 Å². The van der Waals surface area contributed by atoms with E-state index in [2.05, 4.69) is 22.5 Å². The second kappa shape index (κ2) is 7.63. The first kappa shape index (κ1) is 14.4. The Morgan fingerprint density at radius 2 is 2.35 bits per heavy atom. The van der Waals surface area contributed by atoms with Gasteiger partial charge in [0, 0.05) is 26.2 Å². The van der Waals surface area contributed by atoms with E-state index < -0.39 is 0 Å². The lowest BCUT2D eigenvalue weighted by molar-refractivity contribution is -0.129. The molecule has 5 nitrogen and oxygen atoms in total. The monoisotopic (exact) mass is 243 g/mol. The summed E-state index contributed by atoms with van der Waals surface area (Å²) >= 11 is 0. The molecular formula is C12H25N3O2. The van der Waals surface area contributed by atoms with Gasteiger partial charge in [-0.15, -0.1) is 0 Å². The van der Waals surface area contributed by atoms with Gasteiger partial charge in [0.25, 0.3) is 0 Å². The highest BCUT2D eigenvalue weighted by Crippen LogP contribution is 2.08. The summed E-state index contributed by atoms with van der Waals surface area (Å²) in [4.78, 5) is 14.0. The fourth-order valence-corrected chi connectivity index (χ4v) is 2.01. The summed E-state index contributed by atoms with van der Waals surface area (Å²) in [6, 6.07) is -0.0650. The van der Waals surface area contributed by atoms with Crippen LogP contribution in [0.5, 0.6) is 0 Å². The van der Waals surface area contributed by atoms with Gasteiger partial charge < -0.3 is 15.4 Å². The number of ether oxygens (including phenoxy) is 1. The predicted octanol–water partition coefficient (Wildman–Crippen LogP) is -0.179. The van der Waals surface area contributed by atoms with E-state index in [1.165, 1.54) is 0 Å². The number of nitrogens with one attached hydrogen (secondary N) is 2. The molecule has 5 heteroatoms. The van der Waals surface area contributed by atoms with E-state index >= 15 is 0 Å². The van der Waals surface area contributed by atoms with Crippen LogP contribution in [0.25, 0.3) is 0 Å². The first-order chi connectivity index (χ1) is 8.19. The minimum Gasteiger partial charge on any atom is -0.374 e. The molecule has 0 aromatic rings. The standard InChI is InChI=1S/C12H25N3O2/c1-4-5-14-12(16)10(2)15-6-7-17-11(9-15)8-13-3/h10-11,13H,4-9H2,1-3H3,(H,14,16). The van der Waals surface area contributed by atoms with Crippen molar-refractivity contribution >= 4 is 5.91 Å². The third kappa shape index (κ3) is 4.61. The number of carbonyl (C=O) groups excluding carboxylic acids is 1. The van der Waals surface area contributed by atoms with Gasteiger partial charge in [0.15, 0.2) is 0 Å². The summed E-state index contributed by atoms with van der Waals surface area (Å²) < 4.78 is 5.62. The molecule has 1 aliphatic rings. The van der Waals surface area contributed by atoms with E-state index in [9.17, 15) is 4.79 Å². The minimum absolute atomic E-state index is 0.0650. The topological polar surface area (TPSA) is 53.6 Å². The molecule has 0 saturated carbocycles. The van der Waals surface area contributed by atoms with Gasteiger partial charge in [-0.3, -0.25) is 9.69 Å². The summed E-state index contributed by atoms with van der Waals surface area (Å²) in [6.45, 7) is 7.98. The summed E-state index contributed by atoms with van der Waals surface area (Å²) in [5, 5.41) is 6.05. The first-order valence-corrected chi connectivity index (χ1v) is 6.47. The summed E-state index contributed by atoms with van der Waals surface area (Å²) in [5.41, 5.74) is 0. The van der Waals surface area contributed by atoms with Crippen LogP contribution in [0.1, 0.15) is 20.3 Å². The third-order valence-electron chi connectivity index (χ3n) is 3.08. The van der Waals surface area contributed by atoms with Gasteiger partial charge in [0.05, 0.1) is 18.8 Å². The Balaban J connectivity index is 2.39. The second-order valence-corrected chi connectivity index (χ2v) is 4.51. The van der Waals surface area contributed by atoms with Crippen molar-refractivity contribution in [2.75, 3.05) is 39.8 Å². The van der Waals surface area contributed by atoms with Crippen LogP contribution in [0.15, 0.2) is 0 Å². The average Bonchev–Trinajstić information content (AvgIpc) is 2.35. The van der Waals surface area contributed by atoms with E-state index in [0.29, 0.717) is 6.61 Å². The van der Waals surface area contributed by atoms with Gasteiger partial charge in [0.2, 0.25) is 5.91 Å². The molecule has 1 rings (SSSR count). The maximum atomic E-state index is 11.9. The normalized spacial score (nSPS) is 23.4. The maximum absolute atomic E-state index is 11.9. The van der Waals surface area contributed by atoms with Crippen molar-refractivity contribution in [1.82, 2.24) is 15.5 Å². The summed E-state index contributed by atoms with van der Waals surface area (Å²) in [5.74, 6) is 0.122. The number of likely N-dealkylation sites (N-methyl/N-ethyl adjacent to an activating group) is 1. The number of rotatable bonds is 6. The van der Waals surface area contributed by atoms with Crippen LogP contribution in [0.2, 0.25) is 0 Å². The Labute approximate surface area is 104 Å². The predicted molar refractivity (Wildman–Crippen MR) is 68.0 cm³/mol. The zero-order chi connectivity index (χ0) is 12.7. The third-order valence-corrected chi connectivity index (χ3v) is 3.08. The van der Waals surface area contributed by atoms with Crippen molar-refractivity contribution in [3.63, 3.8) is 0 Å². The van der Waals surface area contributed by atoms with E-state index in [4.69, 9.17) is 4.74 Å². The molecule has 2 N–H and O–H groups in total. The molecule has 2 atom stereocenters. The number of hydrogen-bond donors (Lipinski definition) is 2. The second-order valence-electron chi connectivity index (χ2n) is 4.51. The zero-order valence-electron chi connectivity index (χ0n) is 11.2. The molecule has 0 aliphatic carbocycles. The van der Waals surface area contributed by atoms with Crippen molar-refractivity contribution in [2.45, 2.75) is 32.4 Å². The highest BCUT2D eigenvalue weighted by molar-refractivity contribution is 5.81. The lowest BCUT2D eigenvalue weighted by Crippen LogP contribution is -2.53. The van der Waals surface area contributed by atoms with Crippen molar-refractivity contribution in [1.29, 1.82) is 0 Å². The van der Waals surface area contributed by atoms with Gasteiger partial charge in [-0.1, -0.05) is 6.92 Å². The number of amides is 1. The van der Waals surface area contributed by atoms with E-state index in [1.807, 2.05) is 14.0 Å². The molecular weight excluding hydrogens is 218 g/mol. The molecule has 1 aliphatic heterocycles. The molecule has 1 amide bonds. The van der Waals surface area contributed by atoms with Crippen LogP contribution in [-0.4, -0.2) is 62.8 Å². The van der Waals surface area contributed by atoms with Crippen LogP contribution >= 0.6 is 0 Å². The number of morpholine rings is 1. The van der Waals surface area contributed by atoms with Crippen molar-refractivity contribution in [2.24, 2.45) is 0 Å². The molecule has 0 radical (unpaired) electrons. The van der Waals surface area contributed by atoms with Crippen LogP contribution in [0.3, 0.4) is 0 Å². The largest absolute Gasteiger partial charge is 0.374 e. The van der Waals surface area contributed by atoms with Crippen LogP contribution in [0, 0.1) is 0 Å². The van der Waals surface area contributed by atoms with E-state index in [1.54, 1.807) is 0 Å². The first-order valence-electron chi connectivity index (χ1n) is 6.47. The Morgan fingerprint density at radius 3 is 3.00 bits per heavy atom. The fraction of sp³-hybridized carbons (Fsp3) is 0.917. The molecule has 100 valence electrons. The minimum atomic E-state index is -0.0650. The Kier molecular flexibility index (Phi) is 6.47. The molecule has 0 aromatic carbocycles. The molecule has 0 aromatic heterocycles. The van der Waals surface area contributed by atoms with Crippen LogP contribution in [0.4, 0.5) is 0 Å². The molecule has 2 unspecified atom stereocenters. The smallest absolute Gasteiger partial charge is 0.237 e. The van der Waals surface area contributed by atoms with Gasteiger partial charge in [-0.05, 0) is 20.4 Å². The number of carbonyl (C=O) groups is 1. The number of hydrogen-bond acceptors (Lipinski definition) is 4. The van der Waals surface area contributed by atoms with Gasteiger partial charge in [-0.25, -0.2) is 0 Å². The average molecular weight is 243 g/mol. The van der Waals surface area contributed by atoms with Gasteiger partial charge >= 0.3 is 0 Å². The number of nitrogens with zero attached hydrogens (tertiary/aromatic N) is 1.